The Hall–Kier alpha value is -4.12. The van der Waals surface area contributed by atoms with Crippen LogP contribution in [0.1, 0.15) is 23.3 Å². The van der Waals surface area contributed by atoms with Gasteiger partial charge in [0.1, 0.15) is 23.8 Å². The number of cyclic esters (lactones) is 1. The van der Waals surface area contributed by atoms with Crippen molar-refractivity contribution in [1.82, 2.24) is 29.5 Å². The summed E-state index contributed by atoms with van der Waals surface area (Å²) in [5.74, 6) is 0.321. The van der Waals surface area contributed by atoms with Gasteiger partial charge >= 0.3 is 6.09 Å². The van der Waals surface area contributed by atoms with E-state index in [4.69, 9.17) is 4.74 Å². The summed E-state index contributed by atoms with van der Waals surface area (Å²) in [6, 6.07) is 7.98. The Morgan fingerprint density at radius 2 is 2.06 bits per heavy atom. The zero-order valence-electron chi connectivity index (χ0n) is 19.2. The van der Waals surface area contributed by atoms with E-state index in [2.05, 4.69) is 20.3 Å². The minimum Gasteiger partial charge on any atom is -0.442 e. The minimum atomic E-state index is -0.825. The van der Waals surface area contributed by atoms with E-state index in [0.717, 1.165) is 11.5 Å². The quantitative estimate of drug-likeness (QED) is 0.435. The van der Waals surface area contributed by atoms with Crippen LogP contribution in [0.15, 0.2) is 55.1 Å². The van der Waals surface area contributed by atoms with Gasteiger partial charge in [-0.2, -0.15) is 0 Å². The molecule has 0 saturated carbocycles. The van der Waals surface area contributed by atoms with Crippen LogP contribution in [-0.2, 0) is 17.8 Å². The maximum absolute atomic E-state index is 15.0. The highest BCUT2D eigenvalue weighted by Crippen LogP contribution is 2.29. The van der Waals surface area contributed by atoms with Gasteiger partial charge in [0.15, 0.2) is 0 Å². The number of aryl methyl sites for hydroxylation is 2. The number of carbonyl (C=O) groups is 1. The van der Waals surface area contributed by atoms with Gasteiger partial charge < -0.3 is 14.4 Å². The molecular weight excluding hydrogens is 453 g/mol. The number of imidazole rings is 1. The second kappa shape index (κ2) is 9.26. The van der Waals surface area contributed by atoms with Crippen molar-refractivity contribution in [3.05, 3.63) is 78.1 Å². The minimum absolute atomic E-state index is 0.279. The monoisotopic (exact) mass is 477 g/mol. The van der Waals surface area contributed by atoms with Gasteiger partial charge in [-0.25, -0.2) is 18.9 Å². The van der Waals surface area contributed by atoms with Gasteiger partial charge in [0.05, 0.1) is 37.2 Å². The lowest BCUT2D eigenvalue weighted by Gasteiger charge is -2.15. The molecule has 1 fully saturated rings. The zero-order chi connectivity index (χ0) is 24.5. The third kappa shape index (κ3) is 4.62. The van der Waals surface area contributed by atoms with Crippen LogP contribution in [0.25, 0.3) is 11.1 Å². The molecule has 1 N–H and O–H groups in total. The van der Waals surface area contributed by atoms with Crippen molar-refractivity contribution in [3.63, 3.8) is 0 Å². The molecule has 3 aromatic heterocycles. The molecule has 180 valence electrons. The van der Waals surface area contributed by atoms with E-state index in [0.29, 0.717) is 35.6 Å². The molecular formula is C24H24FN7O3. The third-order valence-corrected chi connectivity index (χ3v) is 6.05. The lowest BCUT2D eigenvalue weighted by molar-refractivity contribution is 0.129. The molecule has 0 bridgehead atoms. The Morgan fingerprint density at radius 3 is 2.71 bits per heavy atom. The molecule has 1 saturated heterocycles. The fourth-order valence-electron chi connectivity index (χ4n) is 4.16. The van der Waals surface area contributed by atoms with E-state index in [1.807, 2.05) is 18.4 Å². The average molecular weight is 478 g/mol. The second-order valence-corrected chi connectivity index (χ2v) is 8.45. The molecule has 1 aromatic carbocycles. The first-order valence-corrected chi connectivity index (χ1v) is 11.1. The smallest absolute Gasteiger partial charge is 0.414 e. The Kier molecular flexibility index (Phi) is 6.00. The van der Waals surface area contributed by atoms with Gasteiger partial charge in [-0.1, -0.05) is 11.3 Å². The molecule has 0 spiro atoms. The lowest BCUT2D eigenvalue weighted by atomic mass is 10.1. The first-order chi connectivity index (χ1) is 16.9. The van der Waals surface area contributed by atoms with E-state index in [-0.39, 0.29) is 6.54 Å². The maximum Gasteiger partial charge on any atom is 0.414 e. The molecule has 5 rings (SSSR count). The van der Waals surface area contributed by atoms with Crippen molar-refractivity contribution < 1.29 is 19.0 Å². The summed E-state index contributed by atoms with van der Waals surface area (Å²) in [5.41, 5.74) is 2.75. The summed E-state index contributed by atoms with van der Waals surface area (Å²) in [5, 5.41) is 18.2. The van der Waals surface area contributed by atoms with E-state index in [9.17, 15) is 9.90 Å². The SMILES string of the molecule is Cc1cnc(C)n1CC(O)c1ccc(-c2ccc(N3C[C@H](Cn4ccnn4)OC3=O)cc2F)cn1. The van der Waals surface area contributed by atoms with Crippen LogP contribution in [0.3, 0.4) is 0 Å². The maximum atomic E-state index is 15.0. The van der Waals surface area contributed by atoms with Gasteiger partial charge in [-0.3, -0.25) is 9.88 Å². The molecule has 10 nitrogen and oxygen atoms in total. The molecule has 2 atom stereocenters. The van der Waals surface area contributed by atoms with Crippen molar-refractivity contribution in [1.29, 1.82) is 0 Å². The average Bonchev–Trinajstić information content (AvgIpc) is 3.57. The van der Waals surface area contributed by atoms with Crippen molar-refractivity contribution in [2.75, 3.05) is 11.4 Å². The molecule has 1 aliphatic heterocycles. The number of anilines is 1. The van der Waals surface area contributed by atoms with Gasteiger partial charge in [0, 0.05) is 35.4 Å². The first kappa shape index (κ1) is 22.7. The van der Waals surface area contributed by atoms with Crippen molar-refractivity contribution in [2.24, 2.45) is 0 Å². The van der Waals surface area contributed by atoms with Crippen LogP contribution in [0.4, 0.5) is 14.9 Å². The van der Waals surface area contributed by atoms with Crippen molar-refractivity contribution in [3.8, 4) is 11.1 Å². The highest BCUT2D eigenvalue weighted by molar-refractivity contribution is 5.90. The largest absolute Gasteiger partial charge is 0.442 e. The topological polar surface area (TPSA) is 111 Å². The Balaban J connectivity index is 1.28. The number of nitrogens with zero attached hydrogens (tertiary/aromatic N) is 7. The van der Waals surface area contributed by atoms with Crippen LogP contribution in [0.2, 0.25) is 0 Å². The zero-order valence-corrected chi connectivity index (χ0v) is 19.2. The van der Waals surface area contributed by atoms with Gasteiger partial charge in [0.2, 0.25) is 0 Å². The van der Waals surface area contributed by atoms with Crippen LogP contribution >= 0.6 is 0 Å². The number of ether oxygens (including phenoxy) is 1. The van der Waals surface area contributed by atoms with Crippen LogP contribution in [0, 0.1) is 19.7 Å². The molecule has 0 aliphatic carbocycles. The summed E-state index contributed by atoms with van der Waals surface area (Å²) < 4.78 is 23.9. The number of carbonyl (C=O) groups excluding carboxylic acids is 1. The lowest BCUT2D eigenvalue weighted by Crippen LogP contribution is -2.26. The van der Waals surface area contributed by atoms with Gasteiger partial charge in [0.25, 0.3) is 0 Å². The summed E-state index contributed by atoms with van der Waals surface area (Å²) in [7, 11) is 0. The number of aliphatic hydroxyl groups excluding tert-OH is 1. The van der Waals surface area contributed by atoms with Crippen LogP contribution < -0.4 is 4.90 Å². The number of rotatable bonds is 7. The number of amides is 1. The first-order valence-electron chi connectivity index (χ1n) is 11.1. The predicted molar refractivity (Wildman–Crippen MR) is 124 cm³/mol. The fraction of sp³-hybridized carbons (Fsp3) is 0.292. The standard InChI is InChI=1S/C24H24FN7O3/c1-15-10-26-16(2)31(15)14-23(33)22-6-3-17(11-27-22)20-5-4-18(9-21(20)25)32-13-19(35-24(32)34)12-30-8-7-28-29-30/h3-11,19,23,33H,12-14H2,1-2H3/t19-,23?/m0/s1. The number of halogens is 1. The number of aliphatic hydroxyl groups is 1. The molecule has 4 aromatic rings. The van der Waals surface area contributed by atoms with Crippen LogP contribution in [0.5, 0.6) is 0 Å². The molecule has 35 heavy (non-hydrogen) atoms. The molecule has 1 unspecified atom stereocenters. The summed E-state index contributed by atoms with van der Waals surface area (Å²) in [6.07, 6.45) is 4.74. The Bertz CT molecular complexity index is 1320. The van der Waals surface area contributed by atoms with Gasteiger partial charge in [-0.15, -0.1) is 5.10 Å². The molecule has 1 amide bonds. The Labute approximate surface area is 200 Å². The molecule has 1 aliphatic rings. The predicted octanol–water partition coefficient (Wildman–Crippen LogP) is 3.05. The number of benzene rings is 1. The van der Waals surface area contributed by atoms with Crippen molar-refractivity contribution >= 4 is 11.8 Å². The molecule has 4 heterocycles. The normalized spacial score (nSPS) is 16.5. The van der Waals surface area contributed by atoms with E-state index in [1.165, 1.54) is 17.2 Å². The summed E-state index contributed by atoms with van der Waals surface area (Å²) >= 11 is 0. The molecule has 11 heteroatoms. The molecule has 0 radical (unpaired) electrons. The number of aromatic nitrogens is 6. The van der Waals surface area contributed by atoms with E-state index >= 15 is 4.39 Å². The third-order valence-electron chi connectivity index (χ3n) is 6.05. The summed E-state index contributed by atoms with van der Waals surface area (Å²) in [4.78, 5) is 22.3. The fourth-order valence-corrected chi connectivity index (χ4v) is 4.16. The van der Waals surface area contributed by atoms with E-state index < -0.39 is 24.1 Å². The van der Waals surface area contributed by atoms with Crippen molar-refractivity contribution in [2.45, 2.75) is 39.1 Å². The number of hydrogen-bond donors (Lipinski definition) is 1. The highest BCUT2D eigenvalue weighted by atomic mass is 19.1. The second-order valence-electron chi connectivity index (χ2n) is 8.45. The Morgan fingerprint density at radius 1 is 1.20 bits per heavy atom. The van der Waals surface area contributed by atoms with Crippen LogP contribution in [-0.4, -0.2) is 53.4 Å². The number of pyridine rings is 1. The van der Waals surface area contributed by atoms with E-state index in [1.54, 1.807) is 47.5 Å². The number of hydrogen-bond acceptors (Lipinski definition) is 7. The summed E-state index contributed by atoms with van der Waals surface area (Å²) in [6.45, 7) is 4.78. The van der Waals surface area contributed by atoms with Gasteiger partial charge in [-0.05, 0) is 38.1 Å². The highest BCUT2D eigenvalue weighted by Gasteiger charge is 2.33.